The maximum atomic E-state index is 11.7. The summed E-state index contributed by atoms with van der Waals surface area (Å²) in [4.78, 5) is 11.7. The van der Waals surface area contributed by atoms with Gasteiger partial charge >= 0.3 is 0 Å². The van der Waals surface area contributed by atoms with E-state index in [9.17, 15) is 9.90 Å². The fraction of sp³-hybridized carbons (Fsp3) is 0.533. The molecule has 1 aromatic carbocycles. The number of aromatic hydroxyl groups is 1. The van der Waals surface area contributed by atoms with E-state index >= 15 is 0 Å². The van der Waals surface area contributed by atoms with Crippen molar-refractivity contribution in [2.45, 2.75) is 12.8 Å². The van der Waals surface area contributed by atoms with Gasteiger partial charge in [-0.1, -0.05) is 12.1 Å². The van der Waals surface area contributed by atoms with Crippen LogP contribution in [0.5, 0.6) is 5.75 Å². The SMILES string of the molecule is O=C(Cc1cccc(O)c1)NCCOC[C@H]1CCOC1. The average molecular weight is 279 g/mol. The van der Waals surface area contributed by atoms with Crippen molar-refractivity contribution in [1.82, 2.24) is 5.32 Å². The molecule has 0 unspecified atom stereocenters. The largest absolute Gasteiger partial charge is 0.508 e. The molecule has 1 heterocycles. The third-order valence-electron chi connectivity index (χ3n) is 3.22. The van der Waals surface area contributed by atoms with Gasteiger partial charge in [0.15, 0.2) is 0 Å². The molecule has 20 heavy (non-hydrogen) atoms. The molecule has 1 aliphatic heterocycles. The number of rotatable bonds is 7. The summed E-state index contributed by atoms with van der Waals surface area (Å²) in [6.07, 6.45) is 1.33. The van der Waals surface area contributed by atoms with Crippen LogP contribution in [-0.4, -0.2) is 44.0 Å². The van der Waals surface area contributed by atoms with Gasteiger partial charge in [-0.3, -0.25) is 4.79 Å². The molecule has 1 atom stereocenters. The van der Waals surface area contributed by atoms with E-state index in [1.165, 1.54) is 0 Å². The molecule has 0 radical (unpaired) electrons. The molecule has 0 bridgehead atoms. The first-order valence-corrected chi connectivity index (χ1v) is 6.94. The van der Waals surface area contributed by atoms with Crippen molar-refractivity contribution in [1.29, 1.82) is 0 Å². The molecule has 1 saturated heterocycles. The molecule has 5 heteroatoms. The second-order valence-corrected chi connectivity index (χ2v) is 5.00. The van der Waals surface area contributed by atoms with Crippen LogP contribution >= 0.6 is 0 Å². The molecular weight excluding hydrogens is 258 g/mol. The zero-order chi connectivity index (χ0) is 14.2. The zero-order valence-electron chi connectivity index (χ0n) is 11.5. The number of ether oxygens (including phenoxy) is 2. The first-order valence-electron chi connectivity index (χ1n) is 6.94. The predicted octanol–water partition coefficient (Wildman–Crippen LogP) is 1.10. The Bertz CT molecular complexity index is 430. The Labute approximate surface area is 118 Å². The van der Waals surface area contributed by atoms with Crippen LogP contribution in [0, 0.1) is 5.92 Å². The van der Waals surface area contributed by atoms with Crippen LogP contribution in [0.4, 0.5) is 0 Å². The van der Waals surface area contributed by atoms with Crippen LogP contribution in [0.1, 0.15) is 12.0 Å². The van der Waals surface area contributed by atoms with Crippen LogP contribution < -0.4 is 5.32 Å². The third kappa shape index (κ3) is 5.19. The summed E-state index contributed by atoms with van der Waals surface area (Å²) in [5, 5.41) is 12.1. The van der Waals surface area contributed by atoms with Crippen molar-refractivity contribution in [3.05, 3.63) is 29.8 Å². The molecule has 0 spiro atoms. The molecule has 1 aliphatic rings. The average Bonchev–Trinajstić information content (AvgIpc) is 2.91. The van der Waals surface area contributed by atoms with Gasteiger partial charge < -0.3 is 19.9 Å². The number of hydrogen-bond acceptors (Lipinski definition) is 4. The van der Waals surface area contributed by atoms with Crippen LogP contribution in [0.3, 0.4) is 0 Å². The Morgan fingerprint density at radius 3 is 3.15 bits per heavy atom. The van der Waals surface area contributed by atoms with Gasteiger partial charge in [0.1, 0.15) is 5.75 Å². The minimum absolute atomic E-state index is 0.0663. The topological polar surface area (TPSA) is 67.8 Å². The number of nitrogens with one attached hydrogen (secondary N) is 1. The van der Waals surface area contributed by atoms with E-state index in [1.807, 2.05) is 6.07 Å². The molecule has 110 valence electrons. The molecule has 1 aromatic rings. The number of carbonyl (C=O) groups excluding carboxylic acids is 1. The number of amides is 1. The van der Waals surface area contributed by atoms with Crippen LogP contribution in [-0.2, 0) is 20.7 Å². The van der Waals surface area contributed by atoms with Crippen molar-refractivity contribution in [2.24, 2.45) is 5.92 Å². The Kier molecular flexibility index (Phi) is 5.83. The van der Waals surface area contributed by atoms with E-state index in [4.69, 9.17) is 9.47 Å². The summed E-state index contributed by atoms with van der Waals surface area (Å²) >= 11 is 0. The lowest BCUT2D eigenvalue weighted by molar-refractivity contribution is -0.120. The van der Waals surface area contributed by atoms with Gasteiger partial charge in [-0.2, -0.15) is 0 Å². The minimum atomic E-state index is -0.0663. The first-order chi connectivity index (χ1) is 9.74. The Morgan fingerprint density at radius 2 is 2.40 bits per heavy atom. The summed E-state index contributed by atoms with van der Waals surface area (Å²) in [5.41, 5.74) is 0.798. The number of phenols is 1. The van der Waals surface area contributed by atoms with Gasteiger partial charge in [0.2, 0.25) is 5.91 Å². The van der Waals surface area contributed by atoms with E-state index in [-0.39, 0.29) is 18.1 Å². The number of phenolic OH excluding ortho intramolecular Hbond substituents is 1. The highest BCUT2D eigenvalue weighted by molar-refractivity contribution is 5.78. The molecule has 0 aromatic heterocycles. The van der Waals surface area contributed by atoms with Crippen molar-refractivity contribution in [3.63, 3.8) is 0 Å². The van der Waals surface area contributed by atoms with Crippen molar-refractivity contribution < 1.29 is 19.4 Å². The zero-order valence-corrected chi connectivity index (χ0v) is 11.5. The van der Waals surface area contributed by atoms with Crippen LogP contribution in [0.15, 0.2) is 24.3 Å². The Hall–Kier alpha value is -1.59. The molecule has 5 nitrogen and oxygen atoms in total. The Balaban J connectivity index is 1.55. The van der Waals surface area contributed by atoms with E-state index in [2.05, 4.69) is 5.32 Å². The van der Waals surface area contributed by atoms with E-state index in [0.717, 1.165) is 25.2 Å². The fourth-order valence-corrected chi connectivity index (χ4v) is 2.14. The monoisotopic (exact) mass is 279 g/mol. The standard InChI is InChI=1S/C15H21NO4/c17-14-3-1-2-12(8-14)9-15(18)16-5-7-20-11-13-4-6-19-10-13/h1-3,8,13,17H,4-7,9-11H2,(H,16,18)/t13-/m0/s1. The molecular formula is C15H21NO4. The van der Waals surface area contributed by atoms with Gasteiger partial charge in [-0.15, -0.1) is 0 Å². The lowest BCUT2D eigenvalue weighted by Gasteiger charge is -2.09. The molecule has 1 amide bonds. The molecule has 0 aliphatic carbocycles. The highest BCUT2D eigenvalue weighted by Crippen LogP contribution is 2.12. The van der Waals surface area contributed by atoms with Crippen molar-refractivity contribution in [3.8, 4) is 5.75 Å². The third-order valence-corrected chi connectivity index (χ3v) is 3.22. The maximum Gasteiger partial charge on any atom is 0.224 e. The number of hydrogen-bond donors (Lipinski definition) is 2. The summed E-state index contributed by atoms with van der Waals surface area (Å²) < 4.78 is 10.8. The lowest BCUT2D eigenvalue weighted by atomic mass is 10.1. The van der Waals surface area contributed by atoms with Gasteiger partial charge in [0, 0.05) is 19.1 Å². The van der Waals surface area contributed by atoms with Gasteiger partial charge in [-0.25, -0.2) is 0 Å². The van der Waals surface area contributed by atoms with E-state index < -0.39 is 0 Å². The summed E-state index contributed by atoms with van der Waals surface area (Å²) in [6.45, 7) is 3.33. The highest BCUT2D eigenvalue weighted by Gasteiger charge is 2.15. The molecule has 2 rings (SSSR count). The minimum Gasteiger partial charge on any atom is -0.508 e. The normalized spacial score (nSPS) is 18.1. The fourth-order valence-electron chi connectivity index (χ4n) is 2.14. The lowest BCUT2D eigenvalue weighted by Crippen LogP contribution is -2.29. The van der Waals surface area contributed by atoms with Gasteiger partial charge in [-0.05, 0) is 24.1 Å². The summed E-state index contributed by atoms with van der Waals surface area (Å²) in [6, 6.07) is 6.72. The Morgan fingerprint density at radius 1 is 1.50 bits per heavy atom. The van der Waals surface area contributed by atoms with E-state index in [1.54, 1.807) is 18.2 Å². The second-order valence-electron chi connectivity index (χ2n) is 5.00. The molecule has 0 saturated carbocycles. The first kappa shape index (κ1) is 14.8. The van der Waals surface area contributed by atoms with E-state index in [0.29, 0.717) is 25.7 Å². The van der Waals surface area contributed by atoms with Crippen molar-refractivity contribution >= 4 is 5.91 Å². The maximum absolute atomic E-state index is 11.7. The summed E-state index contributed by atoms with van der Waals surface area (Å²) in [7, 11) is 0. The summed E-state index contributed by atoms with van der Waals surface area (Å²) in [5.74, 6) is 0.610. The smallest absolute Gasteiger partial charge is 0.224 e. The number of carbonyl (C=O) groups is 1. The molecule has 2 N–H and O–H groups in total. The van der Waals surface area contributed by atoms with Crippen molar-refractivity contribution in [2.75, 3.05) is 33.0 Å². The van der Waals surface area contributed by atoms with Crippen LogP contribution in [0.2, 0.25) is 0 Å². The quantitative estimate of drug-likeness (QED) is 0.734. The van der Waals surface area contributed by atoms with Gasteiger partial charge in [0.25, 0.3) is 0 Å². The van der Waals surface area contributed by atoms with Crippen LogP contribution in [0.25, 0.3) is 0 Å². The molecule has 1 fully saturated rings. The predicted molar refractivity (Wildman–Crippen MR) is 74.6 cm³/mol. The second kappa shape index (κ2) is 7.87. The van der Waals surface area contributed by atoms with Gasteiger partial charge in [0.05, 0.1) is 26.2 Å². The number of benzene rings is 1. The highest BCUT2D eigenvalue weighted by atomic mass is 16.5.